The van der Waals surface area contributed by atoms with Gasteiger partial charge >= 0.3 is 0 Å². The topological polar surface area (TPSA) is 87.6 Å². The second-order valence-electron chi connectivity index (χ2n) is 9.29. The van der Waals surface area contributed by atoms with Gasteiger partial charge in [-0.3, -0.25) is 14.4 Å². The fourth-order valence-corrected chi connectivity index (χ4v) is 5.09. The summed E-state index contributed by atoms with van der Waals surface area (Å²) in [6, 6.07) is 7.30. The number of pyridine rings is 1. The minimum Gasteiger partial charge on any atom is -0.496 e. The SMILES string of the molecule is C/C=C/Cn1cc(-c2cc(C(=O)N3CC4(CN(C(C)=O)C4)C3)ccc2OC)c2cc[nH]c2c1=O. The van der Waals surface area contributed by atoms with Gasteiger partial charge in [0.2, 0.25) is 5.91 Å². The molecule has 2 aliphatic heterocycles. The highest BCUT2D eigenvalue weighted by atomic mass is 16.5. The van der Waals surface area contributed by atoms with E-state index < -0.39 is 0 Å². The molecule has 1 N–H and O–H groups in total. The normalized spacial score (nSPS) is 16.7. The molecule has 5 rings (SSSR count). The van der Waals surface area contributed by atoms with Crippen molar-refractivity contribution in [2.75, 3.05) is 33.3 Å². The van der Waals surface area contributed by atoms with Crippen LogP contribution in [0.5, 0.6) is 5.75 Å². The number of amides is 2. The molecule has 2 aliphatic rings. The van der Waals surface area contributed by atoms with Crippen LogP contribution in [0, 0.1) is 5.41 Å². The number of carbonyl (C=O) groups excluding carboxylic acids is 2. The maximum absolute atomic E-state index is 13.3. The predicted octanol–water partition coefficient (Wildman–Crippen LogP) is 2.89. The third-order valence-corrected chi connectivity index (χ3v) is 6.91. The fraction of sp³-hybridized carbons (Fsp3) is 0.346. The number of aromatic amines is 1. The van der Waals surface area contributed by atoms with E-state index in [-0.39, 0.29) is 22.8 Å². The van der Waals surface area contributed by atoms with Crippen LogP contribution in [0.1, 0.15) is 24.2 Å². The molecule has 2 aromatic heterocycles. The third-order valence-electron chi connectivity index (χ3n) is 6.91. The van der Waals surface area contributed by atoms with E-state index in [1.54, 1.807) is 36.9 Å². The van der Waals surface area contributed by atoms with E-state index in [4.69, 9.17) is 4.74 Å². The number of ether oxygens (including phenoxy) is 1. The first-order chi connectivity index (χ1) is 16.4. The average Bonchev–Trinajstić information content (AvgIpc) is 3.26. The zero-order valence-corrected chi connectivity index (χ0v) is 19.6. The molecule has 0 bridgehead atoms. The number of nitrogens with zero attached hydrogens (tertiary/aromatic N) is 3. The Morgan fingerprint density at radius 3 is 2.53 bits per heavy atom. The van der Waals surface area contributed by atoms with Crippen molar-refractivity contribution in [3.8, 4) is 16.9 Å². The van der Waals surface area contributed by atoms with Gasteiger partial charge in [-0.2, -0.15) is 0 Å². The van der Waals surface area contributed by atoms with E-state index in [0.717, 1.165) is 29.6 Å². The van der Waals surface area contributed by atoms with Crippen molar-refractivity contribution in [3.63, 3.8) is 0 Å². The molecular formula is C26H28N4O4. The highest BCUT2D eigenvalue weighted by Crippen LogP contribution is 2.41. The van der Waals surface area contributed by atoms with Crippen molar-refractivity contribution in [3.05, 3.63) is 64.7 Å². The molecule has 2 fully saturated rings. The molecule has 0 atom stereocenters. The summed E-state index contributed by atoms with van der Waals surface area (Å²) < 4.78 is 7.28. The van der Waals surface area contributed by atoms with Gasteiger partial charge in [-0.05, 0) is 31.2 Å². The zero-order chi connectivity index (χ0) is 24.0. The molecule has 2 amide bonds. The fourth-order valence-electron chi connectivity index (χ4n) is 5.09. The van der Waals surface area contributed by atoms with Crippen LogP contribution in [0.15, 0.2) is 53.6 Å². The van der Waals surface area contributed by atoms with Crippen LogP contribution in [-0.4, -0.2) is 64.5 Å². The van der Waals surface area contributed by atoms with Crippen LogP contribution in [-0.2, 0) is 11.3 Å². The van der Waals surface area contributed by atoms with E-state index >= 15 is 0 Å². The molecule has 8 heteroatoms. The number of hydrogen-bond donors (Lipinski definition) is 1. The number of aromatic nitrogens is 2. The maximum atomic E-state index is 13.3. The standard InChI is InChI=1S/C26H28N4O4/c1-4-5-10-28-12-21(19-8-9-27-23(19)25(28)33)20-11-18(6-7-22(20)34-3)24(32)30-15-26(16-30)13-29(14-26)17(2)31/h4-9,11-12,27H,10,13-16H2,1-3H3/b5-4+. The summed E-state index contributed by atoms with van der Waals surface area (Å²) in [4.78, 5) is 44.4. The number of nitrogens with one attached hydrogen (secondary N) is 1. The summed E-state index contributed by atoms with van der Waals surface area (Å²) in [5.41, 5.74) is 2.63. The molecular weight excluding hydrogens is 432 g/mol. The summed E-state index contributed by atoms with van der Waals surface area (Å²) in [6.45, 7) is 6.71. The lowest BCUT2D eigenvalue weighted by Gasteiger charge is -2.60. The van der Waals surface area contributed by atoms with Gasteiger partial charge in [-0.1, -0.05) is 12.2 Å². The van der Waals surface area contributed by atoms with Gasteiger partial charge in [0.1, 0.15) is 11.3 Å². The van der Waals surface area contributed by atoms with E-state index in [1.807, 2.05) is 47.2 Å². The zero-order valence-electron chi connectivity index (χ0n) is 19.6. The average molecular weight is 461 g/mol. The van der Waals surface area contributed by atoms with E-state index in [9.17, 15) is 14.4 Å². The smallest absolute Gasteiger partial charge is 0.275 e. The quantitative estimate of drug-likeness (QED) is 0.593. The first-order valence-electron chi connectivity index (χ1n) is 11.4. The van der Waals surface area contributed by atoms with Crippen molar-refractivity contribution >= 4 is 22.7 Å². The molecule has 3 aromatic rings. The van der Waals surface area contributed by atoms with Gasteiger partial charge in [0, 0.05) is 79.5 Å². The van der Waals surface area contributed by atoms with Crippen molar-refractivity contribution in [1.29, 1.82) is 0 Å². The third kappa shape index (κ3) is 3.50. The van der Waals surface area contributed by atoms with E-state index in [1.165, 1.54) is 0 Å². The molecule has 176 valence electrons. The first kappa shape index (κ1) is 22.0. The van der Waals surface area contributed by atoms with Crippen LogP contribution in [0.25, 0.3) is 22.0 Å². The lowest BCUT2D eigenvalue weighted by molar-refractivity contribution is -0.152. The van der Waals surface area contributed by atoms with Crippen LogP contribution < -0.4 is 10.3 Å². The molecule has 0 saturated carbocycles. The predicted molar refractivity (Wildman–Crippen MR) is 130 cm³/mol. The van der Waals surface area contributed by atoms with Crippen LogP contribution >= 0.6 is 0 Å². The highest BCUT2D eigenvalue weighted by molar-refractivity contribution is 6.00. The summed E-state index contributed by atoms with van der Waals surface area (Å²) in [7, 11) is 1.60. The monoisotopic (exact) mass is 460 g/mol. The Kier molecular flexibility index (Phi) is 5.31. The van der Waals surface area contributed by atoms with Gasteiger partial charge < -0.3 is 24.1 Å². The lowest BCUT2D eigenvalue weighted by Crippen LogP contribution is -2.73. The Morgan fingerprint density at radius 1 is 1.12 bits per heavy atom. The Bertz CT molecular complexity index is 1370. The first-order valence-corrected chi connectivity index (χ1v) is 11.4. The largest absolute Gasteiger partial charge is 0.496 e. The van der Waals surface area contributed by atoms with Crippen molar-refractivity contribution in [2.45, 2.75) is 20.4 Å². The second-order valence-corrected chi connectivity index (χ2v) is 9.29. The van der Waals surface area contributed by atoms with Gasteiger partial charge in [-0.15, -0.1) is 0 Å². The van der Waals surface area contributed by atoms with Crippen LogP contribution in [0.2, 0.25) is 0 Å². The number of allylic oxidation sites excluding steroid dienone is 2. The number of rotatable bonds is 5. The molecule has 0 aliphatic carbocycles. The molecule has 8 nitrogen and oxygen atoms in total. The molecule has 4 heterocycles. The van der Waals surface area contributed by atoms with Crippen molar-refractivity contribution in [1.82, 2.24) is 19.4 Å². The van der Waals surface area contributed by atoms with Gasteiger partial charge in [0.25, 0.3) is 11.5 Å². The molecule has 0 radical (unpaired) electrons. The minimum atomic E-state index is -0.0981. The summed E-state index contributed by atoms with van der Waals surface area (Å²) >= 11 is 0. The van der Waals surface area contributed by atoms with Gasteiger partial charge in [0.15, 0.2) is 0 Å². The summed E-state index contributed by atoms with van der Waals surface area (Å²) in [5.74, 6) is 0.678. The lowest BCUT2D eigenvalue weighted by atomic mass is 9.72. The van der Waals surface area contributed by atoms with Crippen LogP contribution in [0.4, 0.5) is 0 Å². The summed E-state index contributed by atoms with van der Waals surface area (Å²) in [6.07, 6.45) is 7.40. The van der Waals surface area contributed by atoms with E-state index in [0.29, 0.717) is 36.5 Å². The number of carbonyl (C=O) groups is 2. The van der Waals surface area contributed by atoms with Gasteiger partial charge in [-0.25, -0.2) is 0 Å². The highest BCUT2D eigenvalue weighted by Gasteiger charge is 2.53. The Hall–Kier alpha value is -3.81. The summed E-state index contributed by atoms with van der Waals surface area (Å²) in [5, 5.41) is 0.784. The van der Waals surface area contributed by atoms with Gasteiger partial charge in [0.05, 0.1) is 7.11 Å². The number of methoxy groups -OCH3 is 1. The van der Waals surface area contributed by atoms with Crippen LogP contribution in [0.3, 0.4) is 0 Å². The molecule has 34 heavy (non-hydrogen) atoms. The van der Waals surface area contributed by atoms with Crippen molar-refractivity contribution in [2.24, 2.45) is 5.41 Å². The van der Waals surface area contributed by atoms with E-state index in [2.05, 4.69) is 4.98 Å². The van der Waals surface area contributed by atoms with Crippen molar-refractivity contribution < 1.29 is 14.3 Å². The maximum Gasteiger partial charge on any atom is 0.275 e. The molecule has 1 spiro atoms. The Labute approximate surface area is 197 Å². The number of hydrogen-bond acceptors (Lipinski definition) is 4. The number of fused-ring (bicyclic) bond motifs is 1. The molecule has 2 saturated heterocycles. The Balaban J connectivity index is 1.48. The molecule has 1 aromatic carbocycles. The number of likely N-dealkylation sites (tertiary alicyclic amines) is 2. The number of benzene rings is 1. The molecule has 0 unspecified atom stereocenters. The number of H-pyrrole nitrogens is 1. The second kappa shape index (κ2) is 8.20. The minimum absolute atomic E-state index is 0.0386. The Morgan fingerprint density at radius 2 is 1.85 bits per heavy atom.